The number of benzene rings is 1. The van der Waals surface area contributed by atoms with Crippen molar-refractivity contribution >= 4 is 5.82 Å². The second-order valence-electron chi connectivity index (χ2n) is 6.12. The fraction of sp³-hybridized carbons (Fsp3) is 0.350. The van der Waals surface area contributed by atoms with E-state index in [1.54, 1.807) is 20.4 Å². The Bertz CT molecular complexity index is 840. The molecule has 0 atom stereocenters. The topological polar surface area (TPSA) is 73.5 Å². The molecule has 3 rings (SSSR count). The van der Waals surface area contributed by atoms with Gasteiger partial charge in [-0.25, -0.2) is 4.98 Å². The molecule has 2 heterocycles. The third-order valence-electron chi connectivity index (χ3n) is 4.26. The number of hydrogen-bond acceptors (Lipinski definition) is 7. The lowest BCUT2D eigenvalue weighted by molar-refractivity contribution is 0.190. The van der Waals surface area contributed by atoms with Crippen LogP contribution in [0.4, 0.5) is 5.82 Å². The first-order valence-electron chi connectivity index (χ1n) is 8.82. The highest BCUT2D eigenvalue weighted by molar-refractivity contribution is 5.62. The molecule has 0 saturated heterocycles. The molecule has 2 aromatic heterocycles. The van der Waals surface area contributed by atoms with Crippen LogP contribution in [0.2, 0.25) is 0 Å². The zero-order valence-electron chi connectivity index (χ0n) is 15.9. The molecule has 0 spiro atoms. The van der Waals surface area contributed by atoms with E-state index in [9.17, 15) is 0 Å². The number of rotatable bonds is 9. The Labute approximate surface area is 158 Å². The van der Waals surface area contributed by atoms with Crippen LogP contribution in [0.15, 0.2) is 47.1 Å². The summed E-state index contributed by atoms with van der Waals surface area (Å²) >= 11 is 0. The molecule has 0 N–H and O–H groups in total. The zero-order valence-corrected chi connectivity index (χ0v) is 15.9. The molecule has 27 heavy (non-hydrogen) atoms. The fourth-order valence-corrected chi connectivity index (χ4v) is 2.72. The van der Waals surface area contributed by atoms with Gasteiger partial charge in [-0.2, -0.15) is 4.98 Å². The van der Waals surface area contributed by atoms with E-state index in [2.05, 4.69) is 20.0 Å². The van der Waals surface area contributed by atoms with Crippen LogP contribution in [-0.4, -0.2) is 55.6 Å². The Morgan fingerprint density at radius 1 is 1.00 bits per heavy atom. The number of pyridine rings is 1. The van der Waals surface area contributed by atoms with Crippen molar-refractivity contribution in [3.63, 3.8) is 0 Å². The lowest BCUT2D eigenvalue weighted by Crippen LogP contribution is -2.31. The highest BCUT2D eigenvalue weighted by Crippen LogP contribution is 2.25. The molecule has 0 aliphatic heterocycles. The van der Waals surface area contributed by atoms with E-state index in [1.165, 1.54) is 0 Å². The fourth-order valence-electron chi connectivity index (χ4n) is 2.72. The van der Waals surface area contributed by atoms with Crippen molar-refractivity contribution in [1.29, 1.82) is 0 Å². The molecule has 0 aliphatic rings. The third-order valence-corrected chi connectivity index (χ3v) is 4.26. The van der Waals surface area contributed by atoms with Gasteiger partial charge in [0.05, 0.1) is 18.8 Å². The summed E-state index contributed by atoms with van der Waals surface area (Å²) in [6.45, 7) is 4.75. The van der Waals surface area contributed by atoms with E-state index in [4.69, 9.17) is 14.0 Å². The number of aromatic nitrogens is 3. The summed E-state index contributed by atoms with van der Waals surface area (Å²) in [7, 11) is 3.37. The second kappa shape index (κ2) is 9.25. The van der Waals surface area contributed by atoms with Gasteiger partial charge in [-0.3, -0.25) is 0 Å². The predicted octanol–water partition coefficient (Wildman–Crippen LogP) is 3.21. The SMILES string of the molecule is COCCN(CCOC)c1ccc(-c2nc(-c3ccccc3C)no2)cn1. The molecule has 0 fully saturated rings. The molecule has 1 aromatic carbocycles. The Hall–Kier alpha value is -2.77. The van der Waals surface area contributed by atoms with Crippen molar-refractivity contribution in [3.8, 4) is 22.8 Å². The van der Waals surface area contributed by atoms with Crippen LogP contribution in [0.1, 0.15) is 5.56 Å². The number of aryl methyl sites for hydroxylation is 1. The van der Waals surface area contributed by atoms with Crippen LogP contribution in [-0.2, 0) is 9.47 Å². The van der Waals surface area contributed by atoms with Gasteiger partial charge in [0.1, 0.15) is 5.82 Å². The molecule has 7 heteroatoms. The highest BCUT2D eigenvalue weighted by atomic mass is 16.5. The summed E-state index contributed by atoms with van der Waals surface area (Å²) in [6, 6.07) is 11.8. The zero-order chi connectivity index (χ0) is 19.1. The van der Waals surface area contributed by atoms with Crippen LogP contribution >= 0.6 is 0 Å². The van der Waals surface area contributed by atoms with Crippen molar-refractivity contribution in [3.05, 3.63) is 48.2 Å². The van der Waals surface area contributed by atoms with Crippen LogP contribution in [0.3, 0.4) is 0 Å². The maximum atomic E-state index is 5.44. The first-order chi connectivity index (χ1) is 13.2. The first-order valence-corrected chi connectivity index (χ1v) is 8.82. The van der Waals surface area contributed by atoms with Gasteiger partial charge in [0, 0.05) is 39.1 Å². The molecule has 0 aliphatic carbocycles. The summed E-state index contributed by atoms with van der Waals surface area (Å²) in [4.78, 5) is 11.2. The maximum absolute atomic E-state index is 5.44. The van der Waals surface area contributed by atoms with Crippen molar-refractivity contribution in [2.45, 2.75) is 6.92 Å². The average molecular weight is 368 g/mol. The third kappa shape index (κ3) is 4.69. The number of methoxy groups -OCH3 is 2. The summed E-state index contributed by atoms with van der Waals surface area (Å²) in [5.74, 6) is 1.88. The van der Waals surface area contributed by atoms with Crippen molar-refractivity contribution in [1.82, 2.24) is 15.1 Å². The Balaban J connectivity index is 1.78. The Morgan fingerprint density at radius 3 is 2.37 bits per heavy atom. The van der Waals surface area contributed by atoms with Gasteiger partial charge in [0.15, 0.2) is 0 Å². The minimum absolute atomic E-state index is 0.452. The van der Waals surface area contributed by atoms with Crippen LogP contribution in [0, 0.1) is 6.92 Å². The van der Waals surface area contributed by atoms with Gasteiger partial charge in [-0.15, -0.1) is 0 Å². The number of hydrogen-bond donors (Lipinski definition) is 0. The lowest BCUT2D eigenvalue weighted by Gasteiger charge is -2.23. The monoisotopic (exact) mass is 368 g/mol. The summed E-state index contributed by atoms with van der Waals surface area (Å²) in [5.41, 5.74) is 2.84. The van der Waals surface area contributed by atoms with E-state index in [0.717, 1.165) is 35.6 Å². The maximum Gasteiger partial charge on any atom is 0.259 e. The normalized spacial score (nSPS) is 10.9. The van der Waals surface area contributed by atoms with E-state index < -0.39 is 0 Å². The van der Waals surface area contributed by atoms with Gasteiger partial charge in [-0.1, -0.05) is 29.4 Å². The smallest absolute Gasteiger partial charge is 0.259 e. The van der Waals surface area contributed by atoms with Gasteiger partial charge in [-0.05, 0) is 24.6 Å². The van der Waals surface area contributed by atoms with Gasteiger partial charge >= 0.3 is 0 Å². The van der Waals surface area contributed by atoms with Gasteiger partial charge in [0.2, 0.25) is 5.82 Å². The Kier molecular flexibility index (Phi) is 6.51. The molecular weight excluding hydrogens is 344 g/mol. The van der Waals surface area contributed by atoms with E-state index in [1.807, 2.05) is 43.3 Å². The van der Waals surface area contributed by atoms with E-state index >= 15 is 0 Å². The van der Waals surface area contributed by atoms with E-state index in [-0.39, 0.29) is 0 Å². The van der Waals surface area contributed by atoms with Crippen molar-refractivity contribution in [2.24, 2.45) is 0 Å². The molecule has 142 valence electrons. The molecule has 3 aromatic rings. The molecule has 7 nitrogen and oxygen atoms in total. The summed E-state index contributed by atoms with van der Waals surface area (Å²) < 4.78 is 15.8. The molecule has 0 unspecified atom stereocenters. The predicted molar refractivity (Wildman–Crippen MR) is 104 cm³/mol. The highest BCUT2D eigenvalue weighted by Gasteiger charge is 2.14. The van der Waals surface area contributed by atoms with E-state index in [0.29, 0.717) is 24.9 Å². The average Bonchev–Trinajstić information content (AvgIpc) is 3.19. The van der Waals surface area contributed by atoms with Crippen LogP contribution < -0.4 is 4.90 Å². The quantitative estimate of drug-likeness (QED) is 0.574. The Morgan fingerprint density at radius 2 is 1.74 bits per heavy atom. The molecular formula is C20H24N4O3. The van der Waals surface area contributed by atoms with Crippen LogP contribution in [0.25, 0.3) is 22.8 Å². The number of nitrogens with zero attached hydrogens (tertiary/aromatic N) is 4. The molecule has 0 amide bonds. The molecule has 0 radical (unpaired) electrons. The molecule has 0 bridgehead atoms. The standard InChI is InChI=1S/C20H24N4O3/c1-15-6-4-5-7-17(15)19-22-20(27-23-19)16-8-9-18(21-14-16)24(10-12-25-2)11-13-26-3/h4-9,14H,10-13H2,1-3H3. The minimum atomic E-state index is 0.452. The number of anilines is 1. The lowest BCUT2D eigenvalue weighted by atomic mass is 10.1. The number of ether oxygens (including phenoxy) is 2. The van der Waals surface area contributed by atoms with Crippen LogP contribution in [0.5, 0.6) is 0 Å². The minimum Gasteiger partial charge on any atom is -0.383 e. The largest absolute Gasteiger partial charge is 0.383 e. The van der Waals surface area contributed by atoms with Gasteiger partial charge < -0.3 is 18.9 Å². The second-order valence-corrected chi connectivity index (χ2v) is 6.12. The van der Waals surface area contributed by atoms with Crippen molar-refractivity contribution < 1.29 is 14.0 Å². The van der Waals surface area contributed by atoms with Crippen molar-refractivity contribution in [2.75, 3.05) is 45.4 Å². The summed E-state index contributed by atoms with van der Waals surface area (Å²) in [5, 5.41) is 4.10. The first kappa shape index (κ1) is 19.0. The van der Waals surface area contributed by atoms with Gasteiger partial charge in [0.25, 0.3) is 5.89 Å². The summed E-state index contributed by atoms with van der Waals surface area (Å²) in [6.07, 6.45) is 1.75. The molecule has 0 saturated carbocycles.